The van der Waals surface area contributed by atoms with E-state index in [0.29, 0.717) is 11.3 Å². The highest BCUT2D eigenvalue weighted by atomic mass is 32.1. The predicted octanol–water partition coefficient (Wildman–Crippen LogP) is 3.41. The van der Waals surface area contributed by atoms with Crippen LogP contribution >= 0.6 is 11.3 Å². The van der Waals surface area contributed by atoms with E-state index in [9.17, 15) is 18.4 Å². The number of aromatic nitrogens is 1. The summed E-state index contributed by atoms with van der Waals surface area (Å²) in [6.07, 6.45) is 0.922. The number of halogens is 2. The number of benzene rings is 2. The zero-order valence-corrected chi connectivity index (χ0v) is 18.0. The van der Waals surface area contributed by atoms with Crippen molar-refractivity contribution >= 4 is 39.7 Å². The Labute approximate surface area is 187 Å². The Balaban J connectivity index is 1.45. The topological polar surface area (TPSA) is 100 Å². The highest BCUT2D eigenvalue weighted by Crippen LogP contribution is 2.31. The van der Waals surface area contributed by atoms with Gasteiger partial charge in [-0.25, -0.2) is 13.8 Å². The number of rotatable bonds is 6. The molecule has 0 saturated carbocycles. The van der Waals surface area contributed by atoms with Gasteiger partial charge in [-0.2, -0.15) is 0 Å². The number of nitrogen functional groups attached to an aromatic ring is 1. The average Bonchev–Trinajstić information content (AvgIpc) is 3.33. The molecule has 0 aliphatic carbocycles. The van der Waals surface area contributed by atoms with Crippen LogP contribution in [0.3, 0.4) is 0 Å². The van der Waals surface area contributed by atoms with E-state index in [0.717, 1.165) is 43.0 Å². The van der Waals surface area contributed by atoms with Crippen LogP contribution in [0, 0.1) is 11.6 Å². The van der Waals surface area contributed by atoms with Gasteiger partial charge in [0, 0.05) is 23.8 Å². The van der Waals surface area contributed by atoms with E-state index in [-0.39, 0.29) is 27.8 Å². The fraction of sp³-hybridized carbons (Fsp3) is 0.227. The second-order valence-corrected chi connectivity index (χ2v) is 8.58. The van der Waals surface area contributed by atoms with Gasteiger partial charge in [0.1, 0.15) is 22.3 Å². The van der Waals surface area contributed by atoms with Crippen molar-refractivity contribution in [3.63, 3.8) is 0 Å². The number of hydrogen-bond donors (Lipinski definition) is 3. The predicted molar refractivity (Wildman–Crippen MR) is 119 cm³/mol. The minimum atomic E-state index is -0.963. The molecule has 2 heterocycles. The summed E-state index contributed by atoms with van der Waals surface area (Å²) in [5, 5.41) is 6.30. The molecule has 0 radical (unpaired) electrons. The number of thiazole rings is 1. The fourth-order valence-corrected chi connectivity index (χ4v) is 4.38. The van der Waals surface area contributed by atoms with Gasteiger partial charge in [-0.1, -0.05) is 17.4 Å². The maximum atomic E-state index is 14.0. The SMILES string of the molecule is CN1CC[C@@H](NC(=O)c2ccc(Nc3nc(N)c(C(=O)c4c(F)cccc4F)s3)cc2)C1. The molecule has 32 heavy (non-hydrogen) atoms. The first-order chi connectivity index (χ1) is 15.3. The van der Waals surface area contributed by atoms with Crippen LogP contribution in [0.4, 0.5) is 25.4 Å². The van der Waals surface area contributed by atoms with Crippen molar-refractivity contribution in [2.45, 2.75) is 12.5 Å². The van der Waals surface area contributed by atoms with Gasteiger partial charge in [-0.05, 0) is 56.4 Å². The molecule has 1 amide bonds. The van der Waals surface area contributed by atoms with Crippen molar-refractivity contribution in [2.24, 2.45) is 0 Å². The third-order valence-corrected chi connectivity index (χ3v) is 6.16. The van der Waals surface area contributed by atoms with Gasteiger partial charge in [0.2, 0.25) is 5.78 Å². The molecule has 2 aromatic carbocycles. The number of nitrogens with two attached hydrogens (primary N) is 1. The molecular formula is C22H21F2N5O2S. The first kappa shape index (κ1) is 21.8. The Morgan fingerprint density at radius 2 is 1.84 bits per heavy atom. The van der Waals surface area contributed by atoms with Crippen LogP contribution in [-0.4, -0.2) is 47.8 Å². The summed E-state index contributed by atoms with van der Waals surface area (Å²) in [5.74, 6) is -3.06. The molecule has 1 fully saturated rings. The van der Waals surface area contributed by atoms with E-state index in [4.69, 9.17) is 5.73 Å². The largest absolute Gasteiger partial charge is 0.382 e. The van der Waals surface area contributed by atoms with Crippen LogP contribution in [-0.2, 0) is 0 Å². The molecule has 1 atom stereocenters. The standard InChI is InChI=1S/C22H21F2N5O2S/c1-29-10-9-14(11-29)26-21(31)12-5-7-13(8-6-12)27-22-28-20(25)19(32-22)18(30)17-15(23)3-2-4-16(17)24/h2-8,14H,9-11,25H2,1H3,(H,26,31)(H,27,28)/t14-/m1/s1. The first-order valence-electron chi connectivity index (χ1n) is 9.93. The zero-order valence-electron chi connectivity index (χ0n) is 17.2. The minimum Gasteiger partial charge on any atom is -0.382 e. The maximum absolute atomic E-state index is 14.0. The molecule has 10 heteroatoms. The Morgan fingerprint density at radius 1 is 1.16 bits per heavy atom. The Kier molecular flexibility index (Phi) is 6.15. The summed E-state index contributed by atoms with van der Waals surface area (Å²) < 4.78 is 27.9. The lowest BCUT2D eigenvalue weighted by atomic mass is 10.1. The van der Waals surface area contributed by atoms with Crippen LogP contribution in [0.25, 0.3) is 0 Å². The molecule has 0 spiro atoms. The van der Waals surface area contributed by atoms with Gasteiger partial charge in [0.05, 0.1) is 5.56 Å². The number of nitrogens with one attached hydrogen (secondary N) is 2. The Bertz CT molecular complexity index is 1150. The molecule has 4 rings (SSSR count). The number of anilines is 3. The van der Waals surface area contributed by atoms with Crippen LogP contribution < -0.4 is 16.4 Å². The molecule has 0 bridgehead atoms. The third kappa shape index (κ3) is 4.61. The lowest BCUT2D eigenvalue weighted by Crippen LogP contribution is -2.36. The van der Waals surface area contributed by atoms with Gasteiger partial charge in [-0.3, -0.25) is 9.59 Å². The summed E-state index contributed by atoms with van der Waals surface area (Å²) in [4.78, 5) is 31.2. The highest BCUT2D eigenvalue weighted by Gasteiger charge is 2.24. The van der Waals surface area contributed by atoms with E-state index in [2.05, 4.69) is 20.5 Å². The number of hydrogen-bond acceptors (Lipinski definition) is 7. The van der Waals surface area contributed by atoms with Crippen LogP contribution in [0.1, 0.15) is 32.0 Å². The van der Waals surface area contributed by atoms with Crippen molar-refractivity contribution in [1.29, 1.82) is 0 Å². The van der Waals surface area contributed by atoms with Gasteiger partial charge in [0.25, 0.3) is 5.91 Å². The molecule has 1 saturated heterocycles. The highest BCUT2D eigenvalue weighted by molar-refractivity contribution is 7.18. The van der Waals surface area contributed by atoms with Crippen LogP contribution in [0.2, 0.25) is 0 Å². The average molecular weight is 458 g/mol. The summed E-state index contributed by atoms with van der Waals surface area (Å²) in [5.41, 5.74) is 6.29. The Morgan fingerprint density at radius 3 is 2.47 bits per heavy atom. The molecule has 0 unspecified atom stereocenters. The van der Waals surface area contributed by atoms with Crippen LogP contribution in [0.15, 0.2) is 42.5 Å². The number of likely N-dealkylation sites (N-methyl/N-ethyl adjacent to an activating group) is 1. The van der Waals surface area contributed by atoms with Crippen molar-refractivity contribution < 1.29 is 18.4 Å². The van der Waals surface area contributed by atoms with Crippen LogP contribution in [0.5, 0.6) is 0 Å². The van der Waals surface area contributed by atoms with Crippen molar-refractivity contribution in [2.75, 3.05) is 31.2 Å². The molecule has 3 aromatic rings. The fourth-order valence-electron chi connectivity index (χ4n) is 3.53. The lowest BCUT2D eigenvalue weighted by Gasteiger charge is -2.13. The van der Waals surface area contributed by atoms with Crippen molar-refractivity contribution in [3.8, 4) is 0 Å². The van der Waals surface area contributed by atoms with E-state index >= 15 is 0 Å². The molecular weight excluding hydrogens is 436 g/mol. The molecule has 7 nitrogen and oxygen atoms in total. The molecule has 4 N–H and O–H groups in total. The van der Waals surface area contributed by atoms with E-state index in [1.807, 2.05) is 7.05 Å². The number of nitrogens with zero attached hydrogens (tertiary/aromatic N) is 2. The second-order valence-electron chi connectivity index (χ2n) is 7.58. The molecule has 166 valence electrons. The summed E-state index contributed by atoms with van der Waals surface area (Å²) >= 11 is 0.893. The minimum absolute atomic E-state index is 0.0611. The zero-order chi connectivity index (χ0) is 22.8. The first-order valence-corrected chi connectivity index (χ1v) is 10.7. The normalized spacial score (nSPS) is 16.2. The summed E-state index contributed by atoms with van der Waals surface area (Å²) in [6.45, 7) is 1.79. The van der Waals surface area contributed by atoms with Gasteiger partial charge in [0.15, 0.2) is 5.13 Å². The monoisotopic (exact) mass is 457 g/mol. The third-order valence-electron chi connectivity index (χ3n) is 5.17. The lowest BCUT2D eigenvalue weighted by molar-refractivity contribution is 0.0937. The maximum Gasteiger partial charge on any atom is 0.251 e. The summed E-state index contributed by atoms with van der Waals surface area (Å²) in [6, 6.07) is 10.1. The number of amides is 1. The smallest absolute Gasteiger partial charge is 0.251 e. The second kappa shape index (κ2) is 9.01. The molecule has 1 aliphatic heterocycles. The van der Waals surface area contributed by atoms with E-state index in [1.54, 1.807) is 24.3 Å². The van der Waals surface area contributed by atoms with Gasteiger partial charge in [-0.15, -0.1) is 0 Å². The van der Waals surface area contributed by atoms with Crippen molar-refractivity contribution in [3.05, 3.63) is 70.1 Å². The van der Waals surface area contributed by atoms with Gasteiger partial charge >= 0.3 is 0 Å². The quantitative estimate of drug-likeness (QED) is 0.491. The van der Waals surface area contributed by atoms with E-state index in [1.165, 1.54) is 6.07 Å². The Hall–Kier alpha value is -3.37. The molecule has 1 aliphatic rings. The van der Waals surface area contributed by atoms with Gasteiger partial charge < -0.3 is 21.3 Å². The summed E-state index contributed by atoms with van der Waals surface area (Å²) in [7, 11) is 2.02. The van der Waals surface area contributed by atoms with E-state index < -0.39 is 23.0 Å². The number of likely N-dealkylation sites (tertiary alicyclic amines) is 1. The molecule has 1 aromatic heterocycles. The number of ketones is 1. The number of carbonyl (C=O) groups excluding carboxylic acids is 2. The number of carbonyl (C=O) groups is 2. The van der Waals surface area contributed by atoms with Crippen molar-refractivity contribution in [1.82, 2.24) is 15.2 Å².